The third kappa shape index (κ3) is 2.47. The maximum atomic E-state index is 12.5. The molecule has 1 spiro atoms. The van der Waals surface area contributed by atoms with E-state index < -0.39 is 0 Å². The maximum absolute atomic E-state index is 12.5. The number of nitrogens with zero attached hydrogens (tertiary/aromatic N) is 2. The van der Waals surface area contributed by atoms with Gasteiger partial charge in [0.15, 0.2) is 0 Å². The average Bonchev–Trinajstić information content (AvgIpc) is 2.87. The molecule has 1 saturated heterocycles. The molecule has 1 aliphatic carbocycles. The van der Waals surface area contributed by atoms with Crippen LogP contribution >= 0.6 is 0 Å². The quantitative estimate of drug-likeness (QED) is 0.796. The number of carbonyl (C=O) groups is 1. The number of hydrogen-bond donors (Lipinski definition) is 1. The first-order valence-corrected chi connectivity index (χ1v) is 6.76. The molecule has 1 unspecified atom stereocenters. The number of nitrogens with one attached hydrogen (secondary N) is 1. The molecule has 0 bridgehead atoms. The van der Waals surface area contributed by atoms with Crippen molar-refractivity contribution in [3.05, 3.63) is 0 Å². The van der Waals surface area contributed by atoms with Gasteiger partial charge in [-0.25, -0.2) is 0 Å². The van der Waals surface area contributed by atoms with Gasteiger partial charge in [0.25, 0.3) is 0 Å². The SMILES string of the molecule is CC(CCN(C)C)N1CNC2(CCCC2)C1=O. The summed E-state index contributed by atoms with van der Waals surface area (Å²) >= 11 is 0. The second kappa shape index (κ2) is 4.94. The molecule has 0 aromatic carbocycles. The first kappa shape index (κ1) is 12.8. The van der Waals surface area contributed by atoms with Gasteiger partial charge >= 0.3 is 0 Å². The molecule has 2 rings (SSSR count). The molecule has 1 N–H and O–H groups in total. The van der Waals surface area contributed by atoms with Crippen LogP contribution in [0.15, 0.2) is 0 Å². The molecule has 1 heterocycles. The summed E-state index contributed by atoms with van der Waals surface area (Å²) in [5, 5.41) is 3.46. The highest BCUT2D eigenvalue weighted by Crippen LogP contribution is 2.35. The van der Waals surface area contributed by atoms with Crippen LogP contribution in [-0.2, 0) is 4.79 Å². The predicted octanol–water partition coefficient (Wildman–Crippen LogP) is 1.03. The molecule has 0 aromatic heterocycles. The molecular formula is C13H25N3O. The minimum absolute atomic E-state index is 0.188. The van der Waals surface area contributed by atoms with Crippen molar-refractivity contribution in [3.8, 4) is 0 Å². The zero-order valence-electron chi connectivity index (χ0n) is 11.3. The van der Waals surface area contributed by atoms with Gasteiger partial charge in [0.1, 0.15) is 0 Å². The van der Waals surface area contributed by atoms with Crippen LogP contribution in [0.4, 0.5) is 0 Å². The number of hydrogen-bond acceptors (Lipinski definition) is 3. The molecular weight excluding hydrogens is 214 g/mol. The van der Waals surface area contributed by atoms with Crippen molar-refractivity contribution in [2.45, 2.75) is 50.6 Å². The van der Waals surface area contributed by atoms with Gasteiger partial charge in [-0.1, -0.05) is 12.8 Å². The van der Waals surface area contributed by atoms with E-state index >= 15 is 0 Å². The highest BCUT2D eigenvalue weighted by molar-refractivity contribution is 5.88. The summed E-state index contributed by atoms with van der Waals surface area (Å²) in [5.74, 6) is 0.348. The topological polar surface area (TPSA) is 35.6 Å². The maximum Gasteiger partial charge on any atom is 0.244 e. The van der Waals surface area contributed by atoms with Gasteiger partial charge in [-0.05, 0) is 46.8 Å². The fourth-order valence-corrected chi connectivity index (χ4v) is 2.98. The van der Waals surface area contributed by atoms with Crippen molar-refractivity contribution in [1.29, 1.82) is 0 Å². The summed E-state index contributed by atoms with van der Waals surface area (Å²) in [5.41, 5.74) is -0.188. The first-order chi connectivity index (χ1) is 8.05. The molecule has 0 radical (unpaired) electrons. The lowest BCUT2D eigenvalue weighted by Crippen LogP contribution is -2.45. The Hall–Kier alpha value is -0.610. The Morgan fingerprint density at radius 1 is 1.41 bits per heavy atom. The van der Waals surface area contributed by atoms with E-state index in [-0.39, 0.29) is 5.54 Å². The smallest absolute Gasteiger partial charge is 0.244 e. The van der Waals surface area contributed by atoms with Gasteiger partial charge in [0, 0.05) is 6.04 Å². The van der Waals surface area contributed by atoms with Crippen molar-refractivity contribution in [2.75, 3.05) is 27.3 Å². The molecule has 17 heavy (non-hydrogen) atoms. The van der Waals surface area contributed by atoms with E-state index in [9.17, 15) is 4.79 Å². The van der Waals surface area contributed by atoms with Crippen LogP contribution < -0.4 is 5.32 Å². The average molecular weight is 239 g/mol. The Labute approximate surface area is 104 Å². The van der Waals surface area contributed by atoms with Crippen LogP contribution in [0, 0.1) is 0 Å². The lowest BCUT2D eigenvalue weighted by molar-refractivity contribution is -0.134. The summed E-state index contributed by atoms with van der Waals surface area (Å²) in [6.07, 6.45) is 5.50. The van der Waals surface area contributed by atoms with Gasteiger partial charge < -0.3 is 9.80 Å². The molecule has 98 valence electrons. The van der Waals surface area contributed by atoms with Gasteiger partial charge in [-0.3, -0.25) is 10.1 Å². The molecule has 0 aromatic rings. The number of rotatable bonds is 4. The van der Waals surface area contributed by atoms with E-state index in [1.165, 1.54) is 12.8 Å². The summed E-state index contributed by atoms with van der Waals surface area (Å²) in [7, 11) is 4.16. The molecule has 1 saturated carbocycles. The van der Waals surface area contributed by atoms with E-state index in [0.717, 1.165) is 32.5 Å². The van der Waals surface area contributed by atoms with Gasteiger partial charge in [0.05, 0.1) is 12.2 Å². The Kier molecular flexibility index (Phi) is 3.73. The zero-order chi connectivity index (χ0) is 12.5. The monoisotopic (exact) mass is 239 g/mol. The summed E-state index contributed by atoms with van der Waals surface area (Å²) in [4.78, 5) is 16.7. The zero-order valence-corrected chi connectivity index (χ0v) is 11.3. The molecule has 1 atom stereocenters. The van der Waals surface area contributed by atoms with Crippen LogP contribution in [0.3, 0.4) is 0 Å². The fraction of sp³-hybridized carbons (Fsp3) is 0.923. The predicted molar refractivity (Wildman–Crippen MR) is 68.7 cm³/mol. The normalized spacial score (nSPS) is 25.2. The largest absolute Gasteiger partial charge is 0.326 e. The summed E-state index contributed by atoms with van der Waals surface area (Å²) in [6, 6.07) is 0.345. The second-order valence-electron chi connectivity index (χ2n) is 5.84. The Morgan fingerprint density at radius 2 is 2.06 bits per heavy atom. The minimum Gasteiger partial charge on any atom is -0.326 e. The summed E-state index contributed by atoms with van der Waals surface area (Å²) < 4.78 is 0. The molecule has 2 fully saturated rings. The molecule has 1 amide bonds. The van der Waals surface area contributed by atoms with Crippen LogP contribution in [0.25, 0.3) is 0 Å². The lowest BCUT2D eigenvalue weighted by Gasteiger charge is -2.27. The van der Waals surface area contributed by atoms with E-state index in [2.05, 4.69) is 31.2 Å². The van der Waals surface area contributed by atoms with Gasteiger partial charge in [0.2, 0.25) is 5.91 Å². The first-order valence-electron chi connectivity index (χ1n) is 6.76. The van der Waals surface area contributed by atoms with Crippen LogP contribution in [0.5, 0.6) is 0 Å². The van der Waals surface area contributed by atoms with E-state index in [0.29, 0.717) is 11.9 Å². The van der Waals surface area contributed by atoms with Crippen molar-refractivity contribution < 1.29 is 4.79 Å². The third-order valence-electron chi connectivity index (χ3n) is 4.24. The Bertz CT molecular complexity index is 284. The van der Waals surface area contributed by atoms with Crippen LogP contribution in [0.1, 0.15) is 39.0 Å². The highest BCUT2D eigenvalue weighted by atomic mass is 16.2. The van der Waals surface area contributed by atoms with Crippen molar-refractivity contribution in [2.24, 2.45) is 0 Å². The van der Waals surface area contributed by atoms with Crippen LogP contribution in [-0.4, -0.2) is 54.6 Å². The lowest BCUT2D eigenvalue weighted by atomic mass is 9.97. The van der Waals surface area contributed by atoms with Crippen molar-refractivity contribution in [3.63, 3.8) is 0 Å². The molecule has 1 aliphatic heterocycles. The molecule has 2 aliphatic rings. The fourth-order valence-electron chi connectivity index (χ4n) is 2.98. The summed E-state index contributed by atoms with van der Waals surface area (Å²) in [6.45, 7) is 3.95. The van der Waals surface area contributed by atoms with Crippen LogP contribution in [0.2, 0.25) is 0 Å². The van der Waals surface area contributed by atoms with Gasteiger partial charge in [-0.2, -0.15) is 0 Å². The molecule has 4 heteroatoms. The van der Waals surface area contributed by atoms with E-state index in [4.69, 9.17) is 0 Å². The number of carbonyl (C=O) groups excluding carboxylic acids is 1. The third-order valence-corrected chi connectivity index (χ3v) is 4.24. The highest BCUT2D eigenvalue weighted by Gasteiger charge is 2.48. The number of amides is 1. The van der Waals surface area contributed by atoms with Crippen molar-refractivity contribution in [1.82, 2.24) is 15.1 Å². The standard InChI is InChI=1S/C13H25N3O/c1-11(6-9-15(2)3)16-10-14-13(12(16)17)7-4-5-8-13/h11,14H,4-10H2,1-3H3. The minimum atomic E-state index is -0.188. The van der Waals surface area contributed by atoms with Gasteiger partial charge in [-0.15, -0.1) is 0 Å². The van der Waals surface area contributed by atoms with E-state index in [1.54, 1.807) is 0 Å². The second-order valence-corrected chi connectivity index (χ2v) is 5.84. The Balaban J connectivity index is 1.92. The Morgan fingerprint density at radius 3 is 2.65 bits per heavy atom. The van der Waals surface area contributed by atoms with Crippen molar-refractivity contribution >= 4 is 5.91 Å². The van der Waals surface area contributed by atoms with E-state index in [1.807, 2.05) is 4.90 Å². The molecule has 4 nitrogen and oxygen atoms in total.